The molecule has 8 bridgehead atoms. The average Bonchev–Trinajstić information content (AvgIpc) is 4.03. The third kappa shape index (κ3) is 5.20. The molecule has 6 nitrogen and oxygen atoms in total. The van der Waals surface area contributed by atoms with Crippen LogP contribution in [0.3, 0.4) is 0 Å². The Balaban J connectivity index is 1.54. The van der Waals surface area contributed by atoms with E-state index in [1.807, 2.05) is 133 Å². The van der Waals surface area contributed by atoms with E-state index in [-0.39, 0.29) is 0 Å². The monoisotopic (exact) mass is 664 g/mol. The van der Waals surface area contributed by atoms with Crippen LogP contribution in [0.2, 0.25) is 0 Å². The Hall–Kier alpha value is -7.54. The molecule has 0 aliphatic carbocycles. The first-order valence-corrected chi connectivity index (χ1v) is 17.0. The van der Waals surface area contributed by atoms with Crippen LogP contribution >= 0.6 is 0 Å². The van der Waals surface area contributed by atoms with Gasteiger partial charge in [-0.15, -0.1) is 0 Å². The van der Waals surface area contributed by atoms with Crippen molar-refractivity contribution >= 4 is 45.4 Å². The molecule has 6 heteroatoms. The Morgan fingerprint density at radius 2 is 0.654 bits per heavy atom. The van der Waals surface area contributed by atoms with Gasteiger partial charge in [-0.3, -0.25) is 0 Å². The molecule has 2 aliphatic rings. The van der Waals surface area contributed by atoms with Gasteiger partial charge in [0.15, 0.2) is 0 Å². The number of aromatic amines is 2. The second-order valence-corrected chi connectivity index (χ2v) is 12.6. The first kappa shape index (κ1) is 30.5. The fraction of sp³-hybridized carbons (Fsp3) is 0. The minimum absolute atomic E-state index is 0.471. The maximum absolute atomic E-state index is 10.6. The standard InChI is InChI=1S/C46H28N6/c47-27-33-25-39-41(29-13-5-1-6-14-29)35-21-23-37(49-35)43(31-17-9-3-10-18-31)46-34(28-48)26-40(52-46)42(30-15-7-2-8-16-30)36-22-24-38(50-36)44(45(33)51-39)32-19-11-4-12-20-32/h1-26,49-50H. The SMILES string of the molecule is N#CC1=Cc2nc1c(-c1ccccc1)c1ccc([nH]1)c(-c1ccccc1)c1nc(c(-c3ccccc3)c3ccc([nH]3)c2-c2ccccc2)C(C#N)=C1. The lowest BCUT2D eigenvalue weighted by Crippen LogP contribution is -1.91. The summed E-state index contributed by atoms with van der Waals surface area (Å²) in [6.45, 7) is 0. The Labute approximate surface area is 300 Å². The Kier molecular flexibility index (Phi) is 7.47. The third-order valence-electron chi connectivity index (χ3n) is 9.46. The molecule has 3 aromatic heterocycles. The molecule has 0 amide bonds. The van der Waals surface area contributed by atoms with Crippen molar-refractivity contribution in [2.24, 2.45) is 0 Å². The van der Waals surface area contributed by atoms with Gasteiger partial charge in [0, 0.05) is 44.3 Å². The summed E-state index contributed by atoms with van der Waals surface area (Å²) in [5.74, 6) is 0. The van der Waals surface area contributed by atoms with Gasteiger partial charge in [0.1, 0.15) is 12.1 Å². The molecule has 2 aliphatic heterocycles. The van der Waals surface area contributed by atoms with Crippen LogP contribution in [-0.4, -0.2) is 19.9 Å². The molecule has 9 rings (SSSR count). The van der Waals surface area contributed by atoms with Crippen LogP contribution < -0.4 is 0 Å². The molecule has 0 spiro atoms. The maximum Gasteiger partial charge on any atom is 0.102 e. The molecule has 2 N–H and O–H groups in total. The van der Waals surface area contributed by atoms with Crippen LogP contribution in [-0.2, 0) is 0 Å². The topological polar surface area (TPSA) is 105 Å². The molecule has 7 aromatic rings. The number of fused-ring (bicyclic) bond motifs is 8. The summed E-state index contributed by atoms with van der Waals surface area (Å²) in [5.41, 5.74) is 13.8. The summed E-state index contributed by atoms with van der Waals surface area (Å²) in [6, 6.07) is 53.3. The second-order valence-electron chi connectivity index (χ2n) is 12.6. The van der Waals surface area contributed by atoms with Crippen LogP contribution in [0, 0.1) is 22.7 Å². The van der Waals surface area contributed by atoms with Crippen LogP contribution in [0.15, 0.2) is 146 Å². The minimum Gasteiger partial charge on any atom is -0.354 e. The smallest absolute Gasteiger partial charge is 0.102 e. The normalized spacial score (nSPS) is 12.0. The highest BCUT2D eigenvalue weighted by Crippen LogP contribution is 2.41. The van der Waals surface area contributed by atoms with E-state index in [1.54, 1.807) is 0 Å². The van der Waals surface area contributed by atoms with E-state index >= 15 is 0 Å². The maximum atomic E-state index is 10.6. The van der Waals surface area contributed by atoms with E-state index in [9.17, 15) is 10.5 Å². The molecule has 0 atom stereocenters. The van der Waals surface area contributed by atoms with E-state index in [2.05, 4.69) is 46.4 Å². The lowest BCUT2D eigenvalue weighted by Gasteiger charge is -2.07. The number of hydrogen-bond acceptors (Lipinski definition) is 4. The summed E-state index contributed by atoms with van der Waals surface area (Å²) in [7, 11) is 0. The van der Waals surface area contributed by atoms with Gasteiger partial charge in [-0.25, -0.2) is 9.97 Å². The number of nitrogens with one attached hydrogen (secondary N) is 2. The lowest BCUT2D eigenvalue weighted by molar-refractivity contribution is 1.30. The van der Waals surface area contributed by atoms with E-state index < -0.39 is 0 Å². The fourth-order valence-corrected chi connectivity index (χ4v) is 7.16. The Morgan fingerprint density at radius 1 is 0.365 bits per heavy atom. The van der Waals surface area contributed by atoms with Gasteiger partial charge in [-0.2, -0.15) is 10.5 Å². The summed E-state index contributed by atoms with van der Waals surface area (Å²) in [4.78, 5) is 18.0. The quantitative estimate of drug-likeness (QED) is 0.195. The molecule has 0 fully saturated rings. The third-order valence-corrected chi connectivity index (χ3v) is 9.46. The van der Waals surface area contributed by atoms with Crippen molar-refractivity contribution in [3.8, 4) is 56.6 Å². The first-order valence-electron chi connectivity index (χ1n) is 17.0. The number of nitrogens with zero attached hydrogens (tertiary/aromatic N) is 4. The molecule has 52 heavy (non-hydrogen) atoms. The summed E-state index contributed by atoms with van der Waals surface area (Å²) in [5, 5.41) is 21.2. The van der Waals surface area contributed by atoms with Crippen LogP contribution in [0.25, 0.3) is 89.9 Å². The molecule has 0 saturated carbocycles. The molecule has 5 heterocycles. The van der Waals surface area contributed by atoms with Crippen molar-refractivity contribution in [3.05, 3.63) is 168 Å². The molecule has 242 valence electrons. The Morgan fingerprint density at radius 3 is 0.962 bits per heavy atom. The van der Waals surface area contributed by atoms with Crippen molar-refractivity contribution in [3.63, 3.8) is 0 Å². The second kappa shape index (κ2) is 12.7. The molecule has 0 saturated heterocycles. The van der Waals surface area contributed by atoms with Crippen LogP contribution in [0.5, 0.6) is 0 Å². The van der Waals surface area contributed by atoms with Crippen molar-refractivity contribution in [2.45, 2.75) is 0 Å². The van der Waals surface area contributed by atoms with Gasteiger partial charge >= 0.3 is 0 Å². The highest BCUT2D eigenvalue weighted by atomic mass is 14.8. The van der Waals surface area contributed by atoms with Crippen molar-refractivity contribution in [1.29, 1.82) is 10.5 Å². The van der Waals surface area contributed by atoms with E-state index in [1.165, 1.54) is 0 Å². The van der Waals surface area contributed by atoms with Gasteiger partial charge in [0.25, 0.3) is 0 Å². The number of nitriles is 2. The number of H-pyrrole nitrogens is 2. The molecule has 0 radical (unpaired) electrons. The highest BCUT2D eigenvalue weighted by molar-refractivity contribution is 6.06. The average molecular weight is 665 g/mol. The van der Waals surface area contributed by atoms with Crippen LogP contribution in [0.1, 0.15) is 22.8 Å². The molecular formula is C46H28N6. The summed E-state index contributed by atoms with van der Waals surface area (Å²) < 4.78 is 0. The number of hydrogen-bond donors (Lipinski definition) is 2. The Bertz CT molecular complexity index is 2630. The van der Waals surface area contributed by atoms with Gasteiger partial charge in [-0.05, 0) is 58.7 Å². The molecule has 0 unspecified atom stereocenters. The number of rotatable bonds is 4. The fourth-order valence-electron chi connectivity index (χ4n) is 7.16. The van der Waals surface area contributed by atoms with Gasteiger partial charge in [0.2, 0.25) is 0 Å². The number of benzene rings is 4. The minimum atomic E-state index is 0.471. The van der Waals surface area contributed by atoms with Crippen molar-refractivity contribution in [2.75, 3.05) is 0 Å². The predicted octanol–water partition coefficient (Wildman–Crippen LogP) is 11.1. The summed E-state index contributed by atoms with van der Waals surface area (Å²) in [6.07, 6.45) is 3.76. The van der Waals surface area contributed by atoms with E-state index in [4.69, 9.17) is 9.97 Å². The van der Waals surface area contributed by atoms with Gasteiger partial charge in [0.05, 0.1) is 33.9 Å². The zero-order valence-corrected chi connectivity index (χ0v) is 27.8. The highest BCUT2D eigenvalue weighted by Gasteiger charge is 2.24. The lowest BCUT2D eigenvalue weighted by atomic mass is 10.00. The van der Waals surface area contributed by atoms with Gasteiger partial charge in [-0.1, -0.05) is 121 Å². The van der Waals surface area contributed by atoms with Crippen molar-refractivity contribution in [1.82, 2.24) is 19.9 Å². The first-order chi connectivity index (χ1) is 25.7. The van der Waals surface area contributed by atoms with Gasteiger partial charge < -0.3 is 9.97 Å². The largest absolute Gasteiger partial charge is 0.354 e. The predicted molar refractivity (Wildman–Crippen MR) is 210 cm³/mol. The van der Waals surface area contributed by atoms with E-state index in [0.29, 0.717) is 33.9 Å². The molecular weight excluding hydrogens is 637 g/mol. The molecule has 4 aromatic carbocycles. The zero-order valence-electron chi connectivity index (χ0n) is 27.8. The number of allylic oxidation sites excluding steroid dienone is 2. The summed E-state index contributed by atoms with van der Waals surface area (Å²) >= 11 is 0. The number of aromatic nitrogens is 4. The van der Waals surface area contributed by atoms with Crippen LogP contribution in [0.4, 0.5) is 0 Å². The zero-order chi connectivity index (χ0) is 35.0. The van der Waals surface area contributed by atoms with E-state index in [0.717, 1.165) is 66.6 Å². The van der Waals surface area contributed by atoms with Crippen molar-refractivity contribution < 1.29 is 0 Å².